The van der Waals surface area contributed by atoms with Crippen molar-refractivity contribution in [3.8, 4) is 0 Å². The molecule has 1 aliphatic heterocycles. The van der Waals surface area contributed by atoms with E-state index in [0.717, 1.165) is 18.1 Å². The number of aliphatic hydroxyl groups is 1. The van der Waals surface area contributed by atoms with Gasteiger partial charge < -0.3 is 10.0 Å². The zero-order valence-corrected chi connectivity index (χ0v) is 13.6. The normalized spacial score (nSPS) is 29.0. The zero-order chi connectivity index (χ0) is 17.7. The lowest BCUT2D eigenvalue weighted by atomic mass is 9.82. The van der Waals surface area contributed by atoms with Crippen LogP contribution in [0.2, 0.25) is 0 Å². The molecule has 4 rings (SSSR count). The maximum Gasteiger partial charge on any atom is 0.433 e. The van der Waals surface area contributed by atoms with Crippen molar-refractivity contribution in [3.63, 3.8) is 0 Å². The van der Waals surface area contributed by atoms with E-state index in [1.165, 1.54) is 6.07 Å². The fourth-order valence-electron chi connectivity index (χ4n) is 4.33. The lowest BCUT2D eigenvalue weighted by Crippen LogP contribution is -2.35. The van der Waals surface area contributed by atoms with Crippen molar-refractivity contribution in [2.45, 2.75) is 24.6 Å². The Labute approximate surface area is 144 Å². The SMILES string of the molecule is O[C@]1(c2ccccc2)CC[C@@H]2CN(c3cccc(C(F)(F)F)n3)C[C@@H]21. The van der Waals surface area contributed by atoms with Gasteiger partial charge in [0.15, 0.2) is 0 Å². The highest BCUT2D eigenvalue weighted by molar-refractivity contribution is 5.43. The Balaban J connectivity index is 1.60. The topological polar surface area (TPSA) is 36.4 Å². The number of anilines is 1. The summed E-state index contributed by atoms with van der Waals surface area (Å²) < 4.78 is 38.7. The van der Waals surface area contributed by atoms with Crippen LogP contribution < -0.4 is 4.90 Å². The summed E-state index contributed by atoms with van der Waals surface area (Å²) in [5, 5.41) is 11.3. The second-order valence-corrected chi connectivity index (χ2v) is 6.98. The molecule has 6 heteroatoms. The highest BCUT2D eigenvalue weighted by Gasteiger charge is 2.52. The zero-order valence-electron chi connectivity index (χ0n) is 13.6. The summed E-state index contributed by atoms with van der Waals surface area (Å²) >= 11 is 0. The van der Waals surface area contributed by atoms with Crippen molar-refractivity contribution in [3.05, 3.63) is 59.8 Å². The van der Waals surface area contributed by atoms with Crippen LogP contribution in [0.3, 0.4) is 0 Å². The van der Waals surface area contributed by atoms with Crippen LogP contribution >= 0.6 is 0 Å². The molecule has 0 unspecified atom stereocenters. The maximum atomic E-state index is 12.9. The van der Waals surface area contributed by atoms with Crippen LogP contribution in [0.1, 0.15) is 24.1 Å². The minimum absolute atomic E-state index is 0.00578. The Morgan fingerprint density at radius 3 is 2.52 bits per heavy atom. The second kappa shape index (κ2) is 5.73. The summed E-state index contributed by atoms with van der Waals surface area (Å²) in [6, 6.07) is 13.6. The second-order valence-electron chi connectivity index (χ2n) is 6.98. The molecule has 1 saturated heterocycles. The molecule has 2 aromatic rings. The summed E-state index contributed by atoms with van der Waals surface area (Å²) in [6.45, 7) is 1.15. The molecule has 3 nitrogen and oxygen atoms in total. The molecule has 0 bridgehead atoms. The van der Waals surface area contributed by atoms with E-state index in [-0.39, 0.29) is 11.8 Å². The number of alkyl halides is 3. The van der Waals surface area contributed by atoms with Crippen LogP contribution in [-0.2, 0) is 11.8 Å². The van der Waals surface area contributed by atoms with E-state index in [1.807, 2.05) is 35.2 Å². The number of benzene rings is 1. The lowest BCUT2D eigenvalue weighted by Gasteiger charge is -2.31. The average Bonchev–Trinajstić information content (AvgIpc) is 3.17. The molecule has 0 radical (unpaired) electrons. The van der Waals surface area contributed by atoms with Gasteiger partial charge in [-0.15, -0.1) is 0 Å². The van der Waals surface area contributed by atoms with Gasteiger partial charge in [0.05, 0.1) is 5.60 Å². The largest absolute Gasteiger partial charge is 0.433 e. The van der Waals surface area contributed by atoms with Crippen molar-refractivity contribution in [2.75, 3.05) is 18.0 Å². The first-order chi connectivity index (χ1) is 11.9. The molecule has 1 N–H and O–H groups in total. The Morgan fingerprint density at radius 2 is 1.80 bits per heavy atom. The van der Waals surface area contributed by atoms with Gasteiger partial charge >= 0.3 is 6.18 Å². The van der Waals surface area contributed by atoms with Gasteiger partial charge in [0.25, 0.3) is 0 Å². The molecule has 132 valence electrons. The van der Waals surface area contributed by atoms with E-state index >= 15 is 0 Å². The Kier molecular flexibility index (Phi) is 3.76. The summed E-state index contributed by atoms with van der Waals surface area (Å²) in [4.78, 5) is 5.67. The molecule has 2 aliphatic rings. The summed E-state index contributed by atoms with van der Waals surface area (Å²) in [5.74, 6) is 0.604. The Hall–Kier alpha value is -2.08. The standard InChI is InChI=1S/C19H19F3N2O/c20-19(21,22)16-7-4-8-17(23-16)24-11-13-9-10-18(25,15(13)12-24)14-5-2-1-3-6-14/h1-8,13,15,25H,9-12H2/t13-,15+,18+/m1/s1. The fraction of sp³-hybridized carbons (Fsp3) is 0.421. The smallest absolute Gasteiger partial charge is 0.385 e. The van der Waals surface area contributed by atoms with Gasteiger partial charge in [0.2, 0.25) is 0 Å². The third-order valence-corrected chi connectivity index (χ3v) is 5.57. The van der Waals surface area contributed by atoms with Crippen LogP contribution in [0, 0.1) is 11.8 Å². The van der Waals surface area contributed by atoms with Gasteiger partial charge in [0, 0.05) is 19.0 Å². The average molecular weight is 348 g/mol. The number of hydrogen-bond acceptors (Lipinski definition) is 3. The molecule has 1 aromatic carbocycles. The molecule has 25 heavy (non-hydrogen) atoms. The van der Waals surface area contributed by atoms with Crippen LogP contribution in [0.25, 0.3) is 0 Å². The quantitative estimate of drug-likeness (QED) is 0.896. The number of fused-ring (bicyclic) bond motifs is 1. The summed E-state index contributed by atoms with van der Waals surface area (Å²) in [7, 11) is 0. The van der Waals surface area contributed by atoms with E-state index in [9.17, 15) is 18.3 Å². The third kappa shape index (κ3) is 2.78. The summed E-state index contributed by atoms with van der Waals surface area (Å²) in [5.41, 5.74) is -0.899. The van der Waals surface area contributed by atoms with Crippen LogP contribution in [0.5, 0.6) is 0 Å². The van der Waals surface area contributed by atoms with Gasteiger partial charge in [-0.3, -0.25) is 0 Å². The van der Waals surface area contributed by atoms with Crippen LogP contribution in [0.4, 0.5) is 19.0 Å². The van der Waals surface area contributed by atoms with Crippen molar-refractivity contribution in [1.82, 2.24) is 4.98 Å². The van der Waals surface area contributed by atoms with E-state index in [2.05, 4.69) is 4.98 Å². The first-order valence-electron chi connectivity index (χ1n) is 8.45. The molecule has 0 amide bonds. The van der Waals surface area contributed by atoms with Gasteiger partial charge in [-0.05, 0) is 36.5 Å². The number of aromatic nitrogens is 1. The van der Waals surface area contributed by atoms with Crippen molar-refractivity contribution in [2.24, 2.45) is 11.8 Å². The molecule has 2 heterocycles. The molecule has 1 aromatic heterocycles. The minimum Gasteiger partial charge on any atom is -0.385 e. The Bertz CT molecular complexity index is 765. The minimum atomic E-state index is -4.45. The van der Waals surface area contributed by atoms with Crippen LogP contribution in [0.15, 0.2) is 48.5 Å². The third-order valence-electron chi connectivity index (χ3n) is 5.57. The molecule has 3 atom stereocenters. The molecule has 2 fully saturated rings. The van der Waals surface area contributed by atoms with Gasteiger partial charge in [-0.2, -0.15) is 13.2 Å². The molecule has 0 spiro atoms. The first kappa shape index (κ1) is 16.4. The van der Waals surface area contributed by atoms with E-state index in [1.54, 1.807) is 6.07 Å². The Morgan fingerprint density at radius 1 is 1.04 bits per heavy atom. The highest BCUT2D eigenvalue weighted by atomic mass is 19.4. The number of halogens is 3. The van der Waals surface area contributed by atoms with Crippen molar-refractivity contribution < 1.29 is 18.3 Å². The van der Waals surface area contributed by atoms with Crippen molar-refractivity contribution in [1.29, 1.82) is 0 Å². The fourth-order valence-corrected chi connectivity index (χ4v) is 4.33. The predicted octanol–water partition coefficient (Wildman–Crippen LogP) is 3.83. The van der Waals surface area contributed by atoms with E-state index in [4.69, 9.17) is 0 Å². The highest BCUT2D eigenvalue weighted by Crippen LogP contribution is 2.51. The molecular weight excluding hydrogens is 329 g/mol. The number of nitrogens with zero attached hydrogens (tertiary/aromatic N) is 2. The van der Waals surface area contributed by atoms with Gasteiger partial charge in [-0.1, -0.05) is 36.4 Å². The lowest BCUT2D eigenvalue weighted by molar-refractivity contribution is -0.141. The summed E-state index contributed by atoms with van der Waals surface area (Å²) in [6.07, 6.45) is -2.89. The molecule has 1 saturated carbocycles. The van der Waals surface area contributed by atoms with Gasteiger partial charge in [0.1, 0.15) is 11.5 Å². The predicted molar refractivity (Wildman–Crippen MR) is 88.0 cm³/mol. The monoisotopic (exact) mass is 348 g/mol. The van der Waals surface area contributed by atoms with Crippen molar-refractivity contribution >= 4 is 5.82 Å². The first-order valence-corrected chi connectivity index (χ1v) is 8.45. The number of rotatable bonds is 2. The van der Waals surface area contributed by atoms with E-state index in [0.29, 0.717) is 25.3 Å². The molecular formula is C19H19F3N2O. The molecule has 1 aliphatic carbocycles. The number of hydrogen-bond donors (Lipinski definition) is 1. The van der Waals surface area contributed by atoms with E-state index < -0.39 is 17.5 Å². The van der Waals surface area contributed by atoms with Gasteiger partial charge in [-0.25, -0.2) is 4.98 Å². The number of pyridine rings is 1. The maximum absolute atomic E-state index is 12.9. The van der Waals surface area contributed by atoms with Crippen LogP contribution in [-0.4, -0.2) is 23.2 Å².